The molecule has 2 aromatic heterocycles. The summed E-state index contributed by atoms with van der Waals surface area (Å²) < 4.78 is 5.65. The van der Waals surface area contributed by atoms with Crippen LogP contribution in [0.15, 0.2) is 47.0 Å². The van der Waals surface area contributed by atoms with Gasteiger partial charge >= 0.3 is 0 Å². The zero-order valence-corrected chi connectivity index (χ0v) is 10.3. The van der Waals surface area contributed by atoms with E-state index in [0.717, 1.165) is 24.3 Å². The SMILES string of the molecule is Cc1cccc(CCc2nc3ncccc3o2)c1. The summed E-state index contributed by atoms with van der Waals surface area (Å²) in [5.41, 5.74) is 4.05. The maximum atomic E-state index is 5.65. The molecule has 3 nitrogen and oxygen atoms in total. The summed E-state index contributed by atoms with van der Waals surface area (Å²) in [7, 11) is 0. The molecule has 18 heavy (non-hydrogen) atoms. The van der Waals surface area contributed by atoms with Crippen LogP contribution in [0.3, 0.4) is 0 Å². The van der Waals surface area contributed by atoms with Crippen molar-refractivity contribution in [3.63, 3.8) is 0 Å². The molecule has 3 rings (SSSR count). The molecule has 90 valence electrons. The minimum absolute atomic E-state index is 0.691. The number of aromatic nitrogens is 2. The van der Waals surface area contributed by atoms with Crippen molar-refractivity contribution < 1.29 is 4.42 Å². The number of benzene rings is 1. The number of oxazole rings is 1. The van der Waals surface area contributed by atoms with E-state index in [1.54, 1.807) is 6.20 Å². The predicted octanol–water partition coefficient (Wildman–Crippen LogP) is 3.32. The van der Waals surface area contributed by atoms with Gasteiger partial charge in [-0.25, -0.2) is 4.98 Å². The van der Waals surface area contributed by atoms with Crippen molar-refractivity contribution in [2.45, 2.75) is 19.8 Å². The van der Waals surface area contributed by atoms with Crippen LogP contribution in [-0.4, -0.2) is 9.97 Å². The summed E-state index contributed by atoms with van der Waals surface area (Å²) in [5.74, 6) is 0.755. The van der Waals surface area contributed by atoms with E-state index in [1.165, 1.54) is 11.1 Å². The van der Waals surface area contributed by atoms with Gasteiger partial charge in [-0.1, -0.05) is 29.8 Å². The molecule has 0 atom stereocenters. The first-order valence-corrected chi connectivity index (χ1v) is 6.07. The van der Waals surface area contributed by atoms with Gasteiger partial charge in [0.25, 0.3) is 0 Å². The zero-order chi connectivity index (χ0) is 12.4. The van der Waals surface area contributed by atoms with Crippen molar-refractivity contribution in [1.82, 2.24) is 9.97 Å². The highest BCUT2D eigenvalue weighted by Gasteiger charge is 2.06. The monoisotopic (exact) mass is 238 g/mol. The van der Waals surface area contributed by atoms with Gasteiger partial charge in [-0.15, -0.1) is 0 Å². The average molecular weight is 238 g/mol. The maximum absolute atomic E-state index is 5.65. The Morgan fingerprint density at radius 1 is 1.11 bits per heavy atom. The second-order valence-corrected chi connectivity index (χ2v) is 4.42. The van der Waals surface area contributed by atoms with Crippen LogP contribution in [0.1, 0.15) is 17.0 Å². The fourth-order valence-electron chi connectivity index (χ4n) is 2.04. The molecule has 0 unspecified atom stereocenters. The molecule has 3 aromatic rings. The minimum atomic E-state index is 0.691. The van der Waals surface area contributed by atoms with Crippen LogP contribution in [0.5, 0.6) is 0 Å². The third kappa shape index (κ3) is 2.25. The van der Waals surface area contributed by atoms with Crippen LogP contribution >= 0.6 is 0 Å². The molecule has 0 saturated heterocycles. The van der Waals surface area contributed by atoms with Gasteiger partial charge in [0, 0.05) is 12.6 Å². The number of pyridine rings is 1. The summed E-state index contributed by atoms with van der Waals surface area (Å²) in [4.78, 5) is 8.54. The smallest absolute Gasteiger partial charge is 0.198 e. The van der Waals surface area contributed by atoms with E-state index in [0.29, 0.717) is 5.65 Å². The topological polar surface area (TPSA) is 38.9 Å². The molecule has 0 aliphatic carbocycles. The Balaban J connectivity index is 1.76. The maximum Gasteiger partial charge on any atom is 0.198 e. The summed E-state index contributed by atoms with van der Waals surface area (Å²) in [5, 5.41) is 0. The molecule has 0 radical (unpaired) electrons. The highest BCUT2D eigenvalue weighted by molar-refractivity contribution is 5.66. The molecule has 0 amide bonds. The highest BCUT2D eigenvalue weighted by Crippen LogP contribution is 2.14. The lowest BCUT2D eigenvalue weighted by molar-refractivity contribution is 0.528. The normalized spacial score (nSPS) is 10.9. The van der Waals surface area contributed by atoms with Gasteiger partial charge in [0.05, 0.1) is 0 Å². The van der Waals surface area contributed by atoms with Gasteiger partial charge in [-0.3, -0.25) is 0 Å². The van der Waals surface area contributed by atoms with E-state index < -0.39 is 0 Å². The lowest BCUT2D eigenvalue weighted by Gasteiger charge is -1.99. The lowest BCUT2D eigenvalue weighted by atomic mass is 10.1. The summed E-state index contributed by atoms with van der Waals surface area (Å²) in [6.45, 7) is 2.10. The van der Waals surface area contributed by atoms with E-state index in [-0.39, 0.29) is 0 Å². The van der Waals surface area contributed by atoms with Gasteiger partial charge in [0.2, 0.25) is 0 Å². The molecule has 0 saturated carbocycles. The number of nitrogens with zero attached hydrogens (tertiary/aromatic N) is 2. The first kappa shape index (κ1) is 11.0. The van der Waals surface area contributed by atoms with Gasteiger partial charge in [-0.05, 0) is 31.0 Å². The van der Waals surface area contributed by atoms with Gasteiger partial charge in [0.1, 0.15) is 0 Å². The number of aryl methyl sites for hydroxylation is 3. The third-order valence-corrected chi connectivity index (χ3v) is 2.92. The Kier molecular flexibility index (Phi) is 2.81. The van der Waals surface area contributed by atoms with Crippen molar-refractivity contribution in [2.24, 2.45) is 0 Å². The molecular weight excluding hydrogens is 224 g/mol. The molecule has 1 aromatic carbocycles. The standard InChI is InChI=1S/C15H14N2O/c1-11-4-2-5-12(10-11)7-8-14-17-15-13(18-14)6-3-9-16-15/h2-6,9-10H,7-8H2,1H3. The van der Waals surface area contributed by atoms with E-state index in [2.05, 4.69) is 41.2 Å². The Morgan fingerprint density at radius 2 is 2.06 bits per heavy atom. The number of hydrogen-bond donors (Lipinski definition) is 0. The van der Waals surface area contributed by atoms with E-state index in [4.69, 9.17) is 4.42 Å². The zero-order valence-electron chi connectivity index (χ0n) is 10.3. The molecule has 0 aliphatic rings. The second kappa shape index (κ2) is 4.61. The van der Waals surface area contributed by atoms with Crippen LogP contribution in [0, 0.1) is 6.92 Å². The molecule has 0 spiro atoms. The minimum Gasteiger partial charge on any atom is -0.439 e. The van der Waals surface area contributed by atoms with Gasteiger partial charge in [0.15, 0.2) is 17.1 Å². The van der Waals surface area contributed by atoms with Crippen LogP contribution in [0.25, 0.3) is 11.2 Å². The Hall–Kier alpha value is -2.16. The Bertz CT molecular complexity index is 640. The fraction of sp³-hybridized carbons (Fsp3) is 0.200. The quantitative estimate of drug-likeness (QED) is 0.702. The largest absolute Gasteiger partial charge is 0.439 e. The van der Waals surface area contributed by atoms with Crippen LogP contribution in [0.2, 0.25) is 0 Å². The molecule has 0 fully saturated rings. The molecular formula is C15H14N2O. The van der Waals surface area contributed by atoms with E-state index in [9.17, 15) is 0 Å². The molecule has 2 heterocycles. The van der Waals surface area contributed by atoms with Crippen LogP contribution < -0.4 is 0 Å². The van der Waals surface area contributed by atoms with Crippen molar-refractivity contribution in [3.05, 3.63) is 59.6 Å². The van der Waals surface area contributed by atoms with Gasteiger partial charge < -0.3 is 4.42 Å². The number of hydrogen-bond acceptors (Lipinski definition) is 3. The van der Waals surface area contributed by atoms with Crippen LogP contribution in [-0.2, 0) is 12.8 Å². The van der Waals surface area contributed by atoms with Crippen molar-refractivity contribution in [2.75, 3.05) is 0 Å². The van der Waals surface area contributed by atoms with Crippen LogP contribution in [0.4, 0.5) is 0 Å². The highest BCUT2D eigenvalue weighted by atomic mass is 16.3. The van der Waals surface area contributed by atoms with E-state index in [1.807, 2.05) is 12.1 Å². The predicted molar refractivity (Wildman–Crippen MR) is 70.4 cm³/mol. The summed E-state index contributed by atoms with van der Waals surface area (Å²) in [6.07, 6.45) is 3.48. The summed E-state index contributed by atoms with van der Waals surface area (Å²) in [6, 6.07) is 12.3. The molecule has 0 aliphatic heterocycles. The number of fused-ring (bicyclic) bond motifs is 1. The average Bonchev–Trinajstić information content (AvgIpc) is 2.79. The Labute approximate surface area is 105 Å². The van der Waals surface area contributed by atoms with E-state index >= 15 is 0 Å². The first-order chi connectivity index (χ1) is 8.81. The number of rotatable bonds is 3. The van der Waals surface area contributed by atoms with Crippen molar-refractivity contribution >= 4 is 11.2 Å². The molecule has 3 heteroatoms. The van der Waals surface area contributed by atoms with Gasteiger partial charge in [-0.2, -0.15) is 4.98 Å². The fourth-order valence-corrected chi connectivity index (χ4v) is 2.04. The lowest BCUT2D eigenvalue weighted by Crippen LogP contribution is -1.91. The summed E-state index contributed by atoms with van der Waals surface area (Å²) >= 11 is 0. The first-order valence-electron chi connectivity index (χ1n) is 6.07. The molecule has 0 N–H and O–H groups in total. The second-order valence-electron chi connectivity index (χ2n) is 4.42. The van der Waals surface area contributed by atoms with Crippen molar-refractivity contribution in [1.29, 1.82) is 0 Å². The van der Waals surface area contributed by atoms with Crippen molar-refractivity contribution in [3.8, 4) is 0 Å². The third-order valence-electron chi connectivity index (χ3n) is 2.92. The Morgan fingerprint density at radius 3 is 2.89 bits per heavy atom. The molecule has 0 bridgehead atoms.